The number of carbonyl (C=O) groups is 1. The molecule has 0 bridgehead atoms. The number of amides is 1. The molecule has 2 unspecified atom stereocenters. The van der Waals surface area contributed by atoms with E-state index in [4.69, 9.17) is 4.74 Å². The van der Waals surface area contributed by atoms with Crippen molar-refractivity contribution in [2.24, 2.45) is 0 Å². The molecule has 0 saturated carbocycles. The molecule has 2 rings (SSSR count). The topological polar surface area (TPSA) is 59.5 Å². The summed E-state index contributed by atoms with van der Waals surface area (Å²) in [5.41, 5.74) is -0.514. The van der Waals surface area contributed by atoms with Crippen molar-refractivity contribution in [2.75, 3.05) is 13.1 Å². The molecular formula is C14H19BrN2O3S. The maximum absolute atomic E-state index is 12.5. The van der Waals surface area contributed by atoms with Crippen LogP contribution in [0.15, 0.2) is 27.8 Å². The van der Waals surface area contributed by atoms with Crippen LogP contribution < -0.4 is 0 Å². The average Bonchev–Trinajstić information content (AvgIpc) is 2.85. The van der Waals surface area contributed by atoms with Crippen LogP contribution >= 0.6 is 15.9 Å². The van der Waals surface area contributed by atoms with E-state index in [0.717, 1.165) is 0 Å². The van der Waals surface area contributed by atoms with Gasteiger partial charge in [0.25, 0.3) is 0 Å². The minimum atomic E-state index is -1.22. The van der Waals surface area contributed by atoms with Crippen LogP contribution in [0.25, 0.3) is 0 Å². The van der Waals surface area contributed by atoms with E-state index in [0.29, 0.717) is 29.1 Å². The number of rotatable bonds is 2. The highest BCUT2D eigenvalue weighted by atomic mass is 79.9. The van der Waals surface area contributed by atoms with Gasteiger partial charge in [0, 0.05) is 13.1 Å². The number of likely N-dealkylation sites (tertiary alicyclic amines) is 1. The van der Waals surface area contributed by atoms with Crippen LogP contribution in [0.4, 0.5) is 4.79 Å². The van der Waals surface area contributed by atoms with Crippen LogP contribution in [0.5, 0.6) is 0 Å². The third-order valence-corrected chi connectivity index (χ3v) is 5.07. The van der Waals surface area contributed by atoms with Crippen LogP contribution in [0, 0.1) is 0 Å². The molecule has 1 aromatic heterocycles. The molecule has 2 heterocycles. The molecule has 0 aromatic carbocycles. The van der Waals surface area contributed by atoms with Crippen LogP contribution in [0.1, 0.15) is 27.2 Å². The van der Waals surface area contributed by atoms with Gasteiger partial charge in [-0.25, -0.2) is 9.78 Å². The van der Waals surface area contributed by atoms with Gasteiger partial charge in [0.1, 0.15) is 15.2 Å². The molecule has 1 aliphatic rings. The van der Waals surface area contributed by atoms with Gasteiger partial charge in [-0.2, -0.15) is 0 Å². The summed E-state index contributed by atoms with van der Waals surface area (Å²) in [7, 11) is -1.22. The van der Waals surface area contributed by atoms with Crippen molar-refractivity contribution >= 4 is 32.8 Å². The fraction of sp³-hybridized carbons (Fsp3) is 0.571. The lowest BCUT2D eigenvalue weighted by molar-refractivity contribution is 0.0295. The summed E-state index contributed by atoms with van der Waals surface area (Å²) in [6, 6.07) is 5.35. The fourth-order valence-corrected chi connectivity index (χ4v) is 3.91. The third-order valence-electron chi connectivity index (χ3n) is 3.00. The van der Waals surface area contributed by atoms with Crippen molar-refractivity contribution in [3.63, 3.8) is 0 Å². The molecule has 116 valence electrons. The van der Waals surface area contributed by atoms with Gasteiger partial charge < -0.3 is 9.64 Å². The first-order valence-electron chi connectivity index (χ1n) is 6.77. The molecule has 1 saturated heterocycles. The summed E-state index contributed by atoms with van der Waals surface area (Å²) in [5, 5.41) is 0.444. The molecular weight excluding hydrogens is 356 g/mol. The Morgan fingerprint density at radius 3 is 2.81 bits per heavy atom. The third kappa shape index (κ3) is 4.51. The summed E-state index contributed by atoms with van der Waals surface area (Å²) in [6.45, 7) is 6.51. The second-order valence-corrected chi connectivity index (χ2v) is 8.43. The van der Waals surface area contributed by atoms with E-state index >= 15 is 0 Å². The SMILES string of the molecule is CC(C)(C)OC(=O)N1CCC(S(=O)c2cccc(Br)n2)C1. The highest BCUT2D eigenvalue weighted by Crippen LogP contribution is 2.22. The van der Waals surface area contributed by atoms with Gasteiger partial charge in [0.15, 0.2) is 0 Å². The lowest BCUT2D eigenvalue weighted by Crippen LogP contribution is -2.36. The number of aromatic nitrogens is 1. The van der Waals surface area contributed by atoms with Crippen LogP contribution in [0.3, 0.4) is 0 Å². The van der Waals surface area contributed by atoms with Gasteiger partial charge in [0.2, 0.25) is 0 Å². The van der Waals surface area contributed by atoms with Gasteiger partial charge in [-0.15, -0.1) is 0 Å². The molecule has 5 nitrogen and oxygen atoms in total. The zero-order chi connectivity index (χ0) is 15.6. The number of nitrogens with zero attached hydrogens (tertiary/aromatic N) is 2. The summed E-state index contributed by atoms with van der Waals surface area (Å²) >= 11 is 3.28. The number of hydrogen-bond donors (Lipinski definition) is 0. The van der Waals surface area contributed by atoms with E-state index in [1.165, 1.54) is 0 Å². The smallest absolute Gasteiger partial charge is 0.410 e. The van der Waals surface area contributed by atoms with Gasteiger partial charge >= 0.3 is 6.09 Å². The molecule has 2 atom stereocenters. The number of halogens is 1. The van der Waals surface area contributed by atoms with Gasteiger partial charge in [-0.05, 0) is 55.3 Å². The predicted octanol–water partition coefficient (Wildman–Crippen LogP) is 2.96. The molecule has 1 fully saturated rings. The standard InChI is InChI=1S/C14H19BrN2O3S/c1-14(2,3)20-13(18)17-8-7-10(9-17)21(19)12-6-4-5-11(15)16-12/h4-6,10H,7-9H2,1-3H3. The Balaban J connectivity index is 1.99. The van der Waals surface area contributed by atoms with Gasteiger partial charge in [-0.1, -0.05) is 6.07 Å². The zero-order valence-electron chi connectivity index (χ0n) is 12.3. The van der Waals surface area contributed by atoms with E-state index in [2.05, 4.69) is 20.9 Å². The van der Waals surface area contributed by atoms with E-state index in [1.54, 1.807) is 17.0 Å². The van der Waals surface area contributed by atoms with E-state index in [-0.39, 0.29) is 11.3 Å². The number of carbonyl (C=O) groups excluding carboxylic acids is 1. The van der Waals surface area contributed by atoms with Crippen LogP contribution in [0.2, 0.25) is 0 Å². The fourth-order valence-electron chi connectivity index (χ4n) is 2.07. The van der Waals surface area contributed by atoms with Crippen molar-refractivity contribution in [3.8, 4) is 0 Å². The Hall–Kier alpha value is -0.950. The summed E-state index contributed by atoms with van der Waals surface area (Å²) < 4.78 is 18.5. The Morgan fingerprint density at radius 1 is 1.48 bits per heavy atom. The summed E-state index contributed by atoms with van der Waals surface area (Å²) in [4.78, 5) is 17.8. The Morgan fingerprint density at radius 2 is 2.19 bits per heavy atom. The highest BCUT2D eigenvalue weighted by Gasteiger charge is 2.33. The average molecular weight is 375 g/mol. The normalized spacial score (nSPS) is 20.4. The number of ether oxygens (including phenoxy) is 1. The first-order valence-corrected chi connectivity index (χ1v) is 8.78. The van der Waals surface area contributed by atoms with Crippen molar-refractivity contribution in [2.45, 2.75) is 43.1 Å². The number of pyridine rings is 1. The highest BCUT2D eigenvalue weighted by molar-refractivity contribution is 9.10. The molecule has 7 heteroatoms. The molecule has 0 aliphatic carbocycles. The largest absolute Gasteiger partial charge is 0.444 e. The first kappa shape index (κ1) is 16.4. The first-order chi connectivity index (χ1) is 9.76. The molecule has 1 amide bonds. The summed E-state index contributed by atoms with van der Waals surface area (Å²) in [6.07, 6.45) is 0.351. The van der Waals surface area contributed by atoms with Crippen molar-refractivity contribution in [1.82, 2.24) is 9.88 Å². The molecule has 0 spiro atoms. The van der Waals surface area contributed by atoms with Crippen molar-refractivity contribution in [1.29, 1.82) is 0 Å². The van der Waals surface area contributed by atoms with Crippen molar-refractivity contribution < 1.29 is 13.7 Å². The summed E-state index contributed by atoms with van der Waals surface area (Å²) in [5.74, 6) is 0. The minimum absolute atomic E-state index is 0.0979. The minimum Gasteiger partial charge on any atom is -0.444 e. The van der Waals surface area contributed by atoms with Gasteiger partial charge in [0.05, 0.1) is 16.0 Å². The number of hydrogen-bond acceptors (Lipinski definition) is 4. The molecule has 1 aliphatic heterocycles. The predicted molar refractivity (Wildman–Crippen MR) is 84.6 cm³/mol. The molecule has 0 N–H and O–H groups in total. The van der Waals surface area contributed by atoms with E-state index < -0.39 is 16.4 Å². The molecule has 21 heavy (non-hydrogen) atoms. The molecule has 0 radical (unpaired) electrons. The second kappa shape index (κ2) is 6.44. The lowest BCUT2D eigenvalue weighted by atomic mass is 10.2. The molecule has 1 aromatic rings. The zero-order valence-corrected chi connectivity index (χ0v) is 14.7. The maximum Gasteiger partial charge on any atom is 0.410 e. The Kier molecular flexibility index (Phi) is 5.03. The van der Waals surface area contributed by atoms with Crippen LogP contribution in [-0.4, -0.2) is 44.1 Å². The van der Waals surface area contributed by atoms with Crippen LogP contribution in [-0.2, 0) is 15.5 Å². The van der Waals surface area contributed by atoms with Crippen molar-refractivity contribution in [3.05, 3.63) is 22.8 Å². The maximum atomic E-state index is 12.5. The van der Waals surface area contributed by atoms with E-state index in [9.17, 15) is 9.00 Å². The lowest BCUT2D eigenvalue weighted by Gasteiger charge is -2.24. The van der Waals surface area contributed by atoms with E-state index in [1.807, 2.05) is 26.8 Å². The Bertz CT molecular complexity index is 559. The monoisotopic (exact) mass is 374 g/mol. The van der Waals surface area contributed by atoms with Gasteiger partial charge in [-0.3, -0.25) is 4.21 Å². The Labute approximate surface area is 135 Å². The quantitative estimate of drug-likeness (QED) is 0.746. The second-order valence-electron chi connectivity index (χ2n) is 5.93.